The van der Waals surface area contributed by atoms with Crippen molar-refractivity contribution in [3.63, 3.8) is 0 Å². The molecule has 0 radical (unpaired) electrons. The summed E-state index contributed by atoms with van der Waals surface area (Å²) in [4.78, 5) is 14.2. The van der Waals surface area contributed by atoms with Gasteiger partial charge in [0.25, 0.3) is 0 Å². The third-order valence-electron chi connectivity index (χ3n) is 4.81. The molecule has 1 aliphatic carbocycles. The minimum absolute atomic E-state index is 0.0615. The van der Waals surface area contributed by atoms with Crippen molar-refractivity contribution in [3.05, 3.63) is 0 Å². The van der Waals surface area contributed by atoms with E-state index in [4.69, 9.17) is 0 Å². The Morgan fingerprint density at radius 3 is 2.44 bits per heavy atom. The van der Waals surface area contributed by atoms with Crippen LogP contribution in [-0.2, 0) is 4.79 Å². The Labute approximate surface area is 111 Å². The summed E-state index contributed by atoms with van der Waals surface area (Å²) in [6.45, 7) is 7.49. The van der Waals surface area contributed by atoms with E-state index in [-0.39, 0.29) is 12.2 Å². The van der Waals surface area contributed by atoms with Crippen LogP contribution in [0, 0.1) is 11.8 Å². The average Bonchev–Trinajstić information content (AvgIpc) is 2.64. The molecular formula is C15H28N2O. The Kier molecular flexibility index (Phi) is 4.66. The average molecular weight is 252 g/mol. The van der Waals surface area contributed by atoms with Crippen LogP contribution >= 0.6 is 0 Å². The second kappa shape index (κ2) is 6.05. The molecule has 0 bridgehead atoms. The van der Waals surface area contributed by atoms with Crippen molar-refractivity contribution in [3.8, 4) is 0 Å². The minimum atomic E-state index is 0.0615. The van der Waals surface area contributed by atoms with E-state index in [9.17, 15) is 4.79 Å². The summed E-state index contributed by atoms with van der Waals surface area (Å²) in [6.07, 6.45) is 7.81. The van der Waals surface area contributed by atoms with Gasteiger partial charge in [-0.1, -0.05) is 39.5 Å². The number of amides is 1. The topological polar surface area (TPSA) is 32.3 Å². The summed E-state index contributed by atoms with van der Waals surface area (Å²) in [5, 5.41) is 3.37. The maximum absolute atomic E-state index is 12.1. The molecule has 3 heteroatoms. The highest BCUT2D eigenvalue weighted by Gasteiger charge is 2.35. The van der Waals surface area contributed by atoms with Gasteiger partial charge in [0.15, 0.2) is 0 Å². The third kappa shape index (κ3) is 3.05. The molecule has 1 heterocycles. The van der Waals surface area contributed by atoms with Crippen LogP contribution in [0.15, 0.2) is 0 Å². The second-order valence-corrected chi connectivity index (χ2v) is 6.25. The van der Waals surface area contributed by atoms with Crippen molar-refractivity contribution in [2.24, 2.45) is 11.8 Å². The van der Waals surface area contributed by atoms with Crippen LogP contribution in [0.3, 0.4) is 0 Å². The first-order valence-corrected chi connectivity index (χ1v) is 7.68. The van der Waals surface area contributed by atoms with Gasteiger partial charge < -0.3 is 4.90 Å². The van der Waals surface area contributed by atoms with Crippen LogP contribution in [0.5, 0.6) is 0 Å². The molecule has 0 spiro atoms. The maximum atomic E-state index is 12.1. The van der Waals surface area contributed by atoms with Crippen LogP contribution < -0.4 is 5.32 Å². The highest BCUT2D eigenvalue weighted by atomic mass is 16.2. The highest BCUT2D eigenvalue weighted by molar-refractivity contribution is 5.84. The van der Waals surface area contributed by atoms with Crippen molar-refractivity contribution < 1.29 is 4.79 Å². The third-order valence-corrected chi connectivity index (χ3v) is 4.81. The lowest BCUT2D eigenvalue weighted by atomic mass is 9.81. The molecule has 2 rings (SSSR count). The fourth-order valence-corrected chi connectivity index (χ4v) is 3.38. The van der Waals surface area contributed by atoms with E-state index in [1.54, 1.807) is 0 Å². The second-order valence-electron chi connectivity index (χ2n) is 6.25. The number of nitrogens with one attached hydrogen (secondary N) is 1. The van der Waals surface area contributed by atoms with Gasteiger partial charge in [-0.3, -0.25) is 10.1 Å². The Balaban J connectivity index is 1.78. The molecule has 0 aromatic rings. The lowest BCUT2D eigenvalue weighted by Crippen LogP contribution is -2.36. The molecule has 0 aromatic heterocycles. The van der Waals surface area contributed by atoms with Crippen molar-refractivity contribution in [2.45, 2.75) is 71.5 Å². The molecule has 1 saturated carbocycles. The van der Waals surface area contributed by atoms with Crippen LogP contribution in [0.4, 0.5) is 0 Å². The molecule has 1 amide bonds. The largest absolute Gasteiger partial charge is 0.326 e. The highest BCUT2D eigenvalue weighted by Crippen LogP contribution is 2.30. The van der Waals surface area contributed by atoms with E-state index in [0.29, 0.717) is 5.91 Å². The standard InChI is InChI=1S/C15H28N2O/c1-4-14-15(18)17(12(3)16-14)10-9-13-7-5-11(2)6-8-13/h11-14,16H,4-10H2,1-3H3. The van der Waals surface area contributed by atoms with E-state index in [1.165, 1.54) is 32.1 Å². The summed E-state index contributed by atoms with van der Waals surface area (Å²) >= 11 is 0. The maximum Gasteiger partial charge on any atom is 0.240 e. The number of nitrogens with zero attached hydrogens (tertiary/aromatic N) is 1. The van der Waals surface area contributed by atoms with E-state index >= 15 is 0 Å². The van der Waals surface area contributed by atoms with Crippen LogP contribution in [0.1, 0.15) is 59.3 Å². The SMILES string of the molecule is CCC1NC(C)N(CCC2CCC(C)CC2)C1=O. The monoisotopic (exact) mass is 252 g/mol. The summed E-state index contributed by atoms with van der Waals surface area (Å²) in [6, 6.07) is 0.0615. The van der Waals surface area contributed by atoms with Gasteiger partial charge in [-0.2, -0.15) is 0 Å². The van der Waals surface area contributed by atoms with Gasteiger partial charge in [-0.15, -0.1) is 0 Å². The summed E-state index contributed by atoms with van der Waals surface area (Å²) < 4.78 is 0. The summed E-state index contributed by atoms with van der Waals surface area (Å²) in [5.41, 5.74) is 0. The fraction of sp³-hybridized carbons (Fsp3) is 0.933. The number of carbonyl (C=O) groups is 1. The quantitative estimate of drug-likeness (QED) is 0.834. The van der Waals surface area contributed by atoms with Crippen molar-refractivity contribution in [1.82, 2.24) is 10.2 Å². The minimum Gasteiger partial charge on any atom is -0.326 e. The van der Waals surface area contributed by atoms with Crippen molar-refractivity contribution >= 4 is 5.91 Å². The summed E-state index contributed by atoms with van der Waals surface area (Å²) in [7, 11) is 0. The van der Waals surface area contributed by atoms with E-state index < -0.39 is 0 Å². The molecule has 2 aliphatic rings. The fourth-order valence-electron chi connectivity index (χ4n) is 3.38. The van der Waals surface area contributed by atoms with Gasteiger partial charge in [-0.05, 0) is 31.6 Å². The molecule has 2 atom stereocenters. The smallest absolute Gasteiger partial charge is 0.240 e. The van der Waals surface area contributed by atoms with Crippen LogP contribution in [0.2, 0.25) is 0 Å². The number of hydrogen-bond donors (Lipinski definition) is 1. The van der Waals surface area contributed by atoms with Gasteiger partial charge in [0.05, 0.1) is 12.2 Å². The van der Waals surface area contributed by atoms with Crippen LogP contribution in [0.25, 0.3) is 0 Å². The Bertz CT molecular complexity index is 284. The van der Waals surface area contributed by atoms with Gasteiger partial charge in [0, 0.05) is 6.54 Å². The van der Waals surface area contributed by atoms with Crippen molar-refractivity contribution in [1.29, 1.82) is 0 Å². The molecule has 18 heavy (non-hydrogen) atoms. The lowest BCUT2D eigenvalue weighted by molar-refractivity contribution is -0.130. The zero-order chi connectivity index (χ0) is 13.1. The zero-order valence-electron chi connectivity index (χ0n) is 12.1. The van der Waals surface area contributed by atoms with Gasteiger partial charge in [0.2, 0.25) is 5.91 Å². The zero-order valence-corrected chi connectivity index (χ0v) is 12.1. The molecule has 1 saturated heterocycles. The number of hydrogen-bond acceptors (Lipinski definition) is 2. The molecule has 3 nitrogen and oxygen atoms in total. The molecular weight excluding hydrogens is 224 g/mol. The molecule has 1 aliphatic heterocycles. The Morgan fingerprint density at radius 2 is 1.89 bits per heavy atom. The van der Waals surface area contributed by atoms with Gasteiger partial charge in [0.1, 0.15) is 0 Å². The predicted octanol–water partition coefficient (Wildman–Crippen LogP) is 2.76. The van der Waals surface area contributed by atoms with E-state index in [0.717, 1.165) is 24.8 Å². The first-order chi connectivity index (χ1) is 8.61. The molecule has 104 valence electrons. The van der Waals surface area contributed by atoms with Crippen molar-refractivity contribution in [2.75, 3.05) is 6.54 Å². The number of rotatable bonds is 4. The lowest BCUT2D eigenvalue weighted by Gasteiger charge is -2.29. The number of carbonyl (C=O) groups excluding carboxylic acids is 1. The molecule has 2 fully saturated rings. The van der Waals surface area contributed by atoms with E-state index in [1.807, 2.05) is 4.90 Å². The Morgan fingerprint density at radius 1 is 1.22 bits per heavy atom. The predicted molar refractivity (Wildman–Crippen MR) is 74.1 cm³/mol. The first-order valence-electron chi connectivity index (χ1n) is 7.68. The molecule has 0 aromatic carbocycles. The molecule has 2 unspecified atom stereocenters. The van der Waals surface area contributed by atoms with Gasteiger partial charge >= 0.3 is 0 Å². The van der Waals surface area contributed by atoms with Gasteiger partial charge in [-0.25, -0.2) is 0 Å². The van der Waals surface area contributed by atoms with E-state index in [2.05, 4.69) is 26.1 Å². The van der Waals surface area contributed by atoms with Crippen LogP contribution in [-0.4, -0.2) is 29.6 Å². The molecule has 1 N–H and O–H groups in total. The normalized spacial score (nSPS) is 37.3. The Hall–Kier alpha value is -0.570. The summed E-state index contributed by atoms with van der Waals surface area (Å²) in [5.74, 6) is 2.08. The first kappa shape index (κ1) is 13.9.